The Bertz CT molecular complexity index is 1220. The Balaban J connectivity index is 1.60. The van der Waals surface area contributed by atoms with E-state index in [2.05, 4.69) is 10.9 Å². The van der Waals surface area contributed by atoms with Crippen molar-refractivity contribution in [2.75, 3.05) is 20.0 Å². The fourth-order valence-electron chi connectivity index (χ4n) is 3.12. The van der Waals surface area contributed by atoms with Gasteiger partial charge in [0.25, 0.3) is 5.91 Å². The largest absolute Gasteiger partial charge is 0.486 e. The topological polar surface area (TPSA) is 71.3 Å². The number of hydrogen-bond acceptors (Lipinski definition) is 6. The lowest BCUT2D eigenvalue weighted by Gasteiger charge is -2.18. The summed E-state index contributed by atoms with van der Waals surface area (Å²) in [6, 6.07) is 8.78. The minimum atomic E-state index is -0.380. The number of terminal acetylenes is 1. The molecule has 0 spiro atoms. The summed E-state index contributed by atoms with van der Waals surface area (Å²) in [6.07, 6.45) is 5.53. The van der Waals surface area contributed by atoms with Crippen LogP contribution in [0.5, 0.6) is 23.0 Å². The molecule has 7 nitrogen and oxygen atoms in total. The minimum Gasteiger partial charge on any atom is -0.486 e. The third kappa shape index (κ3) is 2.77. The summed E-state index contributed by atoms with van der Waals surface area (Å²) in [6.45, 7) is 1.43. The van der Waals surface area contributed by atoms with Crippen molar-refractivity contribution in [3.8, 4) is 35.3 Å². The molecule has 0 aliphatic carbocycles. The number of fused-ring (bicyclic) bond motifs is 3. The van der Waals surface area contributed by atoms with Crippen LogP contribution in [0.1, 0.15) is 10.4 Å². The molecule has 3 heterocycles. The lowest BCUT2D eigenvalue weighted by Crippen LogP contribution is -2.17. The molecule has 2 aliphatic heterocycles. The lowest BCUT2D eigenvalue weighted by atomic mass is 10.2. The molecule has 2 aromatic carbocycles. The van der Waals surface area contributed by atoms with Gasteiger partial charge in [-0.15, -0.1) is 6.42 Å². The van der Waals surface area contributed by atoms with E-state index in [-0.39, 0.29) is 19.2 Å². The van der Waals surface area contributed by atoms with Gasteiger partial charge in [0, 0.05) is 17.7 Å². The third-order valence-electron chi connectivity index (χ3n) is 4.41. The first-order valence-electron chi connectivity index (χ1n) is 8.58. The van der Waals surface area contributed by atoms with Crippen LogP contribution < -0.4 is 23.7 Å². The van der Waals surface area contributed by atoms with Gasteiger partial charge in [-0.1, -0.05) is 17.3 Å². The second kappa shape index (κ2) is 6.62. The molecule has 8 heteroatoms. The maximum Gasteiger partial charge on any atom is 0.279 e. The van der Waals surface area contributed by atoms with Crippen LogP contribution in [0.2, 0.25) is 0 Å². The van der Waals surface area contributed by atoms with E-state index in [0.29, 0.717) is 46.6 Å². The molecule has 5 rings (SSSR count). The van der Waals surface area contributed by atoms with Gasteiger partial charge < -0.3 is 23.5 Å². The zero-order valence-electron chi connectivity index (χ0n) is 14.6. The summed E-state index contributed by atoms with van der Waals surface area (Å²) in [5.41, 5.74) is 1.27. The molecule has 0 unspecified atom stereocenters. The molecule has 1 amide bonds. The van der Waals surface area contributed by atoms with Gasteiger partial charge in [0.05, 0.1) is 16.8 Å². The number of benzene rings is 2. The summed E-state index contributed by atoms with van der Waals surface area (Å²) in [7, 11) is 0. The Hall–Kier alpha value is -3.44. The molecule has 2 aliphatic rings. The van der Waals surface area contributed by atoms with Crippen molar-refractivity contribution >= 4 is 27.5 Å². The Morgan fingerprint density at radius 2 is 1.82 bits per heavy atom. The first-order valence-corrected chi connectivity index (χ1v) is 9.40. The number of rotatable bonds is 2. The van der Waals surface area contributed by atoms with Gasteiger partial charge in [0.1, 0.15) is 13.2 Å². The fourth-order valence-corrected chi connectivity index (χ4v) is 4.15. The molecule has 0 bridgehead atoms. The monoisotopic (exact) mass is 394 g/mol. The van der Waals surface area contributed by atoms with Crippen molar-refractivity contribution in [2.24, 2.45) is 4.99 Å². The zero-order valence-corrected chi connectivity index (χ0v) is 15.5. The smallest absolute Gasteiger partial charge is 0.279 e. The molecular weight excluding hydrogens is 380 g/mol. The first kappa shape index (κ1) is 16.7. The quantitative estimate of drug-likeness (QED) is 0.625. The molecule has 0 N–H and O–H groups in total. The maximum absolute atomic E-state index is 12.8. The van der Waals surface area contributed by atoms with Crippen LogP contribution in [0, 0.1) is 12.3 Å². The Kier molecular flexibility index (Phi) is 3.95. The van der Waals surface area contributed by atoms with E-state index < -0.39 is 0 Å². The molecule has 140 valence electrons. The number of amides is 1. The van der Waals surface area contributed by atoms with E-state index in [9.17, 15) is 4.79 Å². The average molecular weight is 394 g/mol. The Morgan fingerprint density at radius 3 is 2.64 bits per heavy atom. The van der Waals surface area contributed by atoms with Crippen molar-refractivity contribution in [2.45, 2.75) is 6.54 Å². The van der Waals surface area contributed by atoms with Crippen molar-refractivity contribution in [1.29, 1.82) is 0 Å². The van der Waals surface area contributed by atoms with Crippen molar-refractivity contribution in [3.05, 3.63) is 40.7 Å². The number of carbonyl (C=O) groups excluding carboxylic acids is 1. The zero-order chi connectivity index (χ0) is 19.1. The summed E-state index contributed by atoms with van der Waals surface area (Å²) in [5, 5.41) is 0. The van der Waals surface area contributed by atoms with Crippen LogP contribution >= 0.6 is 11.3 Å². The highest BCUT2D eigenvalue weighted by Crippen LogP contribution is 2.37. The fraction of sp³-hybridized carbons (Fsp3) is 0.200. The van der Waals surface area contributed by atoms with Gasteiger partial charge >= 0.3 is 0 Å². The summed E-state index contributed by atoms with van der Waals surface area (Å²) >= 11 is 1.37. The predicted molar refractivity (Wildman–Crippen MR) is 102 cm³/mol. The third-order valence-corrected chi connectivity index (χ3v) is 5.45. The lowest BCUT2D eigenvalue weighted by molar-refractivity contribution is 0.0996. The molecule has 0 saturated heterocycles. The minimum absolute atomic E-state index is 0.196. The standard InChI is InChI=1S/C20H14N2O5S/c1-2-5-22-13-9-16-17(27-11-26-16)10-18(13)28-20(22)21-19(23)12-3-4-14-15(8-12)25-7-6-24-14/h1,3-4,8-10H,5-7,11H2. The number of hydrogen-bond donors (Lipinski definition) is 0. The van der Waals surface area contributed by atoms with Crippen molar-refractivity contribution in [3.63, 3.8) is 0 Å². The second-order valence-corrected chi connectivity index (χ2v) is 7.13. The number of ether oxygens (including phenoxy) is 4. The van der Waals surface area contributed by atoms with Gasteiger partial charge in [-0.25, -0.2) is 0 Å². The van der Waals surface area contributed by atoms with Crippen LogP contribution in [-0.2, 0) is 6.54 Å². The number of aromatic nitrogens is 1. The number of carbonyl (C=O) groups is 1. The van der Waals surface area contributed by atoms with E-state index >= 15 is 0 Å². The van der Waals surface area contributed by atoms with Gasteiger partial charge in [-0.3, -0.25) is 4.79 Å². The second-order valence-electron chi connectivity index (χ2n) is 6.12. The molecule has 1 aromatic heterocycles. The van der Waals surface area contributed by atoms with Gasteiger partial charge in [0.2, 0.25) is 6.79 Å². The normalized spacial score (nSPS) is 14.9. The van der Waals surface area contributed by atoms with E-state index in [4.69, 9.17) is 25.4 Å². The SMILES string of the molecule is C#CCn1c(=NC(=O)c2ccc3c(c2)OCCO3)sc2cc3c(cc21)OCO3. The summed E-state index contributed by atoms with van der Waals surface area (Å²) < 4.78 is 24.6. The average Bonchev–Trinajstić information content (AvgIpc) is 3.30. The van der Waals surface area contributed by atoms with Gasteiger partial charge in [0.15, 0.2) is 27.8 Å². The van der Waals surface area contributed by atoms with E-state index in [1.54, 1.807) is 18.2 Å². The van der Waals surface area contributed by atoms with Crippen LogP contribution in [0.25, 0.3) is 10.2 Å². The Morgan fingerprint density at radius 1 is 1.07 bits per heavy atom. The Labute approximate surface area is 163 Å². The maximum atomic E-state index is 12.8. The van der Waals surface area contributed by atoms with Gasteiger partial charge in [-0.05, 0) is 18.2 Å². The highest BCUT2D eigenvalue weighted by Gasteiger charge is 2.19. The highest BCUT2D eigenvalue weighted by molar-refractivity contribution is 7.16. The predicted octanol–water partition coefficient (Wildman–Crippen LogP) is 2.58. The van der Waals surface area contributed by atoms with Crippen LogP contribution in [-0.4, -0.2) is 30.5 Å². The van der Waals surface area contributed by atoms with Crippen LogP contribution in [0.4, 0.5) is 0 Å². The van der Waals surface area contributed by atoms with Crippen LogP contribution in [0.15, 0.2) is 35.3 Å². The van der Waals surface area contributed by atoms with E-state index in [1.807, 2.05) is 16.7 Å². The summed E-state index contributed by atoms with van der Waals surface area (Å²) in [4.78, 5) is 17.6. The van der Waals surface area contributed by atoms with Crippen molar-refractivity contribution < 1.29 is 23.7 Å². The molecule has 0 radical (unpaired) electrons. The molecule has 0 atom stereocenters. The molecule has 0 fully saturated rings. The highest BCUT2D eigenvalue weighted by atomic mass is 32.1. The van der Waals surface area contributed by atoms with Gasteiger partial charge in [-0.2, -0.15) is 4.99 Å². The molecule has 0 saturated carbocycles. The first-order chi connectivity index (χ1) is 13.7. The summed E-state index contributed by atoms with van der Waals surface area (Å²) in [5.74, 6) is 4.73. The van der Waals surface area contributed by atoms with E-state index in [0.717, 1.165) is 10.2 Å². The number of thiazole rings is 1. The van der Waals surface area contributed by atoms with Crippen molar-refractivity contribution in [1.82, 2.24) is 4.57 Å². The molecule has 3 aromatic rings. The molecular formula is C20H14N2O5S. The number of nitrogens with zero attached hydrogens (tertiary/aromatic N) is 2. The molecule has 28 heavy (non-hydrogen) atoms. The van der Waals surface area contributed by atoms with E-state index in [1.165, 1.54) is 11.3 Å². The van der Waals surface area contributed by atoms with Crippen LogP contribution in [0.3, 0.4) is 0 Å².